The second-order valence-corrected chi connectivity index (χ2v) is 5.23. The van der Waals surface area contributed by atoms with Crippen LogP contribution < -0.4 is 0 Å². The van der Waals surface area contributed by atoms with E-state index in [0.717, 1.165) is 19.6 Å². The zero-order valence-corrected chi connectivity index (χ0v) is 13.3. The van der Waals surface area contributed by atoms with Gasteiger partial charge in [0.2, 0.25) is 0 Å². The van der Waals surface area contributed by atoms with Crippen LogP contribution in [-0.4, -0.2) is 19.5 Å². The van der Waals surface area contributed by atoms with Gasteiger partial charge in [-0.25, -0.2) is 0 Å². The van der Waals surface area contributed by atoms with Gasteiger partial charge in [-0.2, -0.15) is 0 Å². The fraction of sp³-hybridized carbons (Fsp3) is 1.00. The van der Waals surface area contributed by atoms with E-state index in [1.54, 1.807) is 0 Å². The molecule has 0 aliphatic heterocycles. The summed E-state index contributed by atoms with van der Waals surface area (Å²) in [6.07, 6.45) is 8.78. The average molecular weight is 258 g/mol. The fourth-order valence-electron chi connectivity index (χ4n) is 2.98. The van der Waals surface area contributed by atoms with Crippen molar-refractivity contribution >= 4 is 0 Å². The highest BCUT2D eigenvalue weighted by Gasteiger charge is 2.27. The summed E-state index contributed by atoms with van der Waals surface area (Å²) in [7, 11) is 0. The van der Waals surface area contributed by atoms with E-state index < -0.39 is 0 Å². The number of rotatable bonds is 12. The van der Waals surface area contributed by atoms with E-state index in [1.807, 2.05) is 13.8 Å². The predicted octanol–water partition coefficient (Wildman–Crippen LogP) is 5.16. The van der Waals surface area contributed by atoms with Crippen molar-refractivity contribution in [3.8, 4) is 0 Å². The highest BCUT2D eigenvalue weighted by molar-refractivity contribution is 4.77. The molecule has 0 amide bonds. The first kappa shape index (κ1) is 17.9. The Morgan fingerprint density at radius 1 is 0.778 bits per heavy atom. The lowest BCUT2D eigenvalue weighted by Crippen LogP contribution is -2.25. The Labute approximate surface area is 114 Å². The van der Waals surface area contributed by atoms with Crippen LogP contribution in [0.2, 0.25) is 0 Å². The third kappa shape index (κ3) is 6.75. The van der Waals surface area contributed by atoms with Crippen LogP contribution in [0.25, 0.3) is 0 Å². The average Bonchev–Trinajstić information content (AvgIpc) is 2.37. The van der Waals surface area contributed by atoms with Crippen molar-refractivity contribution in [1.82, 2.24) is 0 Å². The van der Waals surface area contributed by atoms with Crippen LogP contribution in [0.1, 0.15) is 79.6 Å². The first-order chi connectivity index (χ1) is 8.67. The molecule has 0 rings (SSSR count). The van der Waals surface area contributed by atoms with Crippen molar-refractivity contribution in [3.05, 3.63) is 0 Å². The summed E-state index contributed by atoms with van der Waals surface area (Å²) >= 11 is 0. The fourth-order valence-corrected chi connectivity index (χ4v) is 2.98. The maximum Gasteiger partial charge on any atom is 0.157 e. The van der Waals surface area contributed by atoms with E-state index in [9.17, 15) is 0 Å². The summed E-state index contributed by atoms with van der Waals surface area (Å²) in [5.74, 6) is 0. The van der Waals surface area contributed by atoms with E-state index in [0.29, 0.717) is 5.41 Å². The second kappa shape index (κ2) is 10.8. The smallest absolute Gasteiger partial charge is 0.157 e. The largest absolute Gasteiger partial charge is 0.353 e. The molecule has 0 bridgehead atoms. The summed E-state index contributed by atoms with van der Waals surface area (Å²) < 4.78 is 11.3. The molecule has 2 heteroatoms. The Morgan fingerprint density at radius 2 is 1.28 bits per heavy atom. The van der Waals surface area contributed by atoms with Crippen LogP contribution in [0.15, 0.2) is 0 Å². The van der Waals surface area contributed by atoms with E-state index >= 15 is 0 Å². The van der Waals surface area contributed by atoms with Crippen molar-refractivity contribution in [3.63, 3.8) is 0 Å². The van der Waals surface area contributed by atoms with Gasteiger partial charge in [-0.3, -0.25) is 0 Å². The molecule has 0 fully saturated rings. The molecule has 0 unspecified atom stereocenters. The number of hydrogen-bond acceptors (Lipinski definition) is 2. The molecule has 0 aliphatic rings. The Kier molecular flexibility index (Phi) is 10.8. The molecular formula is C16H34O2. The molecule has 0 atom stereocenters. The lowest BCUT2D eigenvalue weighted by molar-refractivity contribution is -0.144. The van der Waals surface area contributed by atoms with Crippen molar-refractivity contribution < 1.29 is 9.47 Å². The standard InChI is InChI=1S/C16H34O2/c1-6-12-16(8-3,13-7-2)14-11-15(17-9-4)18-10-5/h15H,6-14H2,1-5H3. The van der Waals surface area contributed by atoms with Gasteiger partial charge < -0.3 is 9.47 Å². The minimum atomic E-state index is -0.000336. The van der Waals surface area contributed by atoms with Crippen molar-refractivity contribution in [2.75, 3.05) is 13.2 Å². The molecule has 2 nitrogen and oxygen atoms in total. The van der Waals surface area contributed by atoms with Crippen molar-refractivity contribution in [2.45, 2.75) is 85.9 Å². The van der Waals surface area contributed by atoms with Gasteiger partial charge in [-0.1, -0.05) is 40.0 Å². The molecule has 0 aromatic heterocycles. The van der Waals surface area contributed by atoms with Crippen molar-refractivity contribution in [2.24, 2.45) is 5.41 Å². The molecule has 0 spiro atoms. The molecule has 0 saturated heterocycles. The zero-order chi connectivity index (χ0) is 13.9. The maximum absolute atomic E-state index is 5.66. The number of hydrogen-bond donors (Lipinski definition) is 0. The lowest BCUT2D eigenvalue weighted by atomic mass is 9.73. The summed E-state index contributed by atoms with van der Waals surface area (Å²) in [6, 6.07) is 0. The topological polar surface area (TPSA) is 18.5 Å². The van der Waals surface area contributed by atoms with E-state index in [-0.39, 0.29) is 6.29 Å². The third-order valence-electron chi connectivity index (χ3n) is 3.93. The van der Waals surface area contributed by atoms with E-state index in [1.165, 1.54) is 38.5 Å². The van der Waals surface area contributed by atoms with E-state index in [2.05, 4.69) is 20.8 Å². The van der Waals surface area contributed by atoms with Gasteiger partial charge in [-0.05, 0) is 44.9 Å². The Balaban J connectivity index is 4.36. The molecule has 0 heterocycles. The first-order valence-electron chi connectivity index (χ1n) is 7.91. The molecular weight excluding hydrogens is 224 g/mol. The molecule has 0 aliphatic carbocycles. The minimum Gasteiger partial charge on any atom is -0.353 e. The Bertz CT molecular complexity index is 168. The predicted molar refractivity (Wildman–Crippen MR) is 78.8 cm³/mol. The molecule has 0 radical (unpaired) electrons. The molecule has 0 N–H and O–H groups in total. The maximum atomic E-state index is 5.66. The highest BCUT2D eigenvalue weighted by Crippen LogP contribution is 2.38. The van der Waals surface area contributed by atoms with Crippen molar-refractivity contribution in [1.29, 1.82) is 0 Å². The SMILES string of the molecule is CCCC(CC)(CCC)CCC(OCC)OCC. The van der Waals surface area contributed by atoms with Gasteiger partial charge in [0.15, 0.2) is 6.29 Å². The molecule has 0 aromatic rings. The van der Waals surface area contributed by atoms with Gasteiger partial charge in [0.05, 0.1) is 0 Å². The summed E-state index contributed by atoms with van der Waals surface area (Å²) in [5, 5.41) is 0. The zero-order valence-electron chi connectivity index (χ0n) is 13.3. The number of ether oxygens (including phenoxy) is 2. The second-order valence-electron chi connectivity index (χ2n) is 5.23. The van der Waals surface area contributed by atoms with Crippen LogP contribution in [0.3, 0.4) is 0 Å². The van der Waals surface area contributed by atoms with Crippen LogP contribution >= 0.6 is 0 Å². The third-order valence-corrected chi connectivity index (χ3v) is 3.93. The van der Waals surface area contributed by atoms with Crippen LogP contribution in [0.4, 0.5) is 0 Å². The highest BCUT2D eigenvalue weighted by atomic mass is 16.7. The van der Waals surface area contributed by atoms with Gasteiger partial charge in [0.1, 0.15) is 0 Å². The summed E-state index contributed by atoms with van der Waals surface area (Å²) in [5.41, 5.74) is 0.510. The molecule has 0 aromatic carbocycles. The van der Waals surface area contributed by atoms with Crippen LogP contribution in [0.5, 0.6) is 0 Å². The quantitative estimate of drug-likeness (QED) is 0.450. The van der Waals surface area contributed by atoms with Crippen LogP contribution in [0, 0.1) is 5.41 Å². The first-order valence-corrected chi connectivity index (χ1v) is 7.91. The molecule has 0 saturated carbocycles. The summed E-state index contributed by atoms with van der Waals surface area (Å²) in [6.45, 7) is 12.5. The minimum absolute atomic E-state index is 0.000336. The monoisotopic (exact) mass is 258 g/mol. The summed E-state index contributed by atoms with van der Waals surface area (Å²) in [4.78, 5) is 0. The lowest BCUT2D eigenvalue weighted by Gasteiger charge is -2.34. The molecule has 18 heavy (non-hydrogen) atoms. The van der Waals surface area contributed by atoms with Crippen LogP contribution in [-0.2, 0) is 9.47 Å². The van der Waals surface area contributed by atoms with Gasteiger partial charge in [0, 0.05) is 13.2 Å². The van der Waals surface area contributed by atoms with Gasteiger partial charge >= 0.3 is 0 Å². The Morgan fingerprint density at radius 3 is 1.61 bits per heavy atom. The Hall–Kier alpha value is -0.0800. The normalized spacial score (nSPS) is 12.3. The molecule has 110 valence electrons. The van der Waals surface area contributed by atoms with Gasteiger partial charge in [-0.15, -0.1) is 0 Å². The van der Waals surface area contributed by atoms with E-state index in [4.69, 9.17) is 9.47 Å². The van der Waals surface area contributed by atoms with Gasteiger partial charge in [0.25, 0.3) is 0 Å².